The third-order valence-corrected chi connectivity index (χ3v) is 9.68. The Bertz CT molecular complexity index is 2030. The molecule has 0 bridgehead atoms. The van der Waals surface area contributed by atoms with Gasteiger partial charge in [0.2, 0.25) is 0 Å². The maximum absolute atomic E-state index is 13.4. The Labute approximate surface area is 320 Å². The molecule has 1 amide bonds. The van der Waals surface area contributed by atoms with Crippen molar-refractivity contribution >= 4 is 11.7 Å². The number of ether oxygens (including phenoxy) is 6. The molecule has 1 aromatic heterocycles. The summed E-state index contributed by atoms with van der Waals surface area (Å²) in [6, 6.07) is 34.0. The summed E-state index contributed by atoms with van der Waals surface area (Å²) in [6.45, 7) is 5.98. The number of aliphatic hydroxyl groups is 1. The van der Waals surface area contributed by atoms with Gasteiger partial charge in [-0.2, -0.15) is 4.98 Å². The van der Waals surface area contributed by atoms with Gasteiger partial charge in [-0.15, -0.1) is 0 Å². The molecule has 5 aromatic rings. The SMILES string of the molecule is COc1ccc(C(OC[C@H]2O[C@@H](n3ccc(NC(=O)COc4ccc(C(C)(C)C)cc4)nc3=O)[C@H](OC)[C@@H]2O)(c2ccccc2)c2ccc(OC)cc2)cc1. The summed E-state index contributed by atoms with van der Waals surface area (Å²) >= 11 is 0. The molecule has 4 atom stereocenters. The predicted molar refractivity (Wildman–Crippen MR) is 207 cm³/mol. The predicted octanol–water partition coefficient (Wildman–Crippen LogP) is 5.86. The van der Waals surface area contributed by atoms with Crippen LogP contribution in [-0.4, -0.2) is 73.4 Å². The molecule has 1 aliphatic heterocycles. The highest BCUT2D eigenvalue weighted by molar-refractivity contribution is 5.90. The minimum absolute atomic E-state index is 0.00858. The van der Waals surface area contributed by atoms with Gasteiger partial charge in [-0.05, 0) is 70.1 Å². The van der Waals surface area contributed by atoms with Crippen LogP contribution in [0.15, 0.2) is 120 Å². The van der Waals surface area contributed by atoms with Crippen molar-refractivity contribution in [3.05, 3.63) is 148 Å². The second kappa shape index (κ2) is 16.9. The van der Waals surface area contributed by atoms with E-state index in [0.717, 1.165) is 22.3 Å². The van der Waals surface area contributed by atoms with Gasteiger partial charge in [-0.1, -0.05) is 87.5 Å². The first kappa shape index (κ1) is 39.2. The fourth-order valence-electron chi connectivity index (χ4n) is 6.67. The van der Waals surface area contributed by atoms with Gasteiger partial charge in [-0.3, -0.25) is 9.36 Å². The molecule has 0 saturated carbocycles. The largest absolute Gasteiger partial charge is 0.497 e. The zero-order valence-electron chi connectivity index (χ0n) is 31.8. The van der Waals surface area contributed by atoms with Crippen LogP contribution in [0.3, 0.4) is 0 Å². The van der Waals surface area contributed by atoms with Crippen LogP contribution in [0.5, 0.6) is 17.2 Å². The summed E-state index contributed by atoms with van der Waals surface area (Å²) in [5.41, 5.74) is 1.70. The smallest absolute Gasteiger partial charge is 0.351 e. The van der Waals surface area contributed by atoms with Gasteiger partial charge in [-0.25, -0.2) is 4.79 Å². The number of hydrogen-bond donors (Lipinski definition) is 2. The van der Waals surface area contributed by atoms with Gasteiger partial charge in [0.15, 0.2) is 12.8 Å². The zero-order valence-corrected chi connectivity index (χ0v) is 31.8. The molecule has 12 heteroatoms. The summed E-state index contributed by atoms with van der Waals surface area (Å²) in [5.74, 6) is 1.46. The Morgan fingerprint density at radius 1 is 0.782 bits per heavy atom. The minimum atomic E-state index is -1.18. The van der Waals surface area contributed by atoms with E-state index in [9.17, 15) is 14.7 Å². The van der Waals surface area contributed by atoms with E-state index in [1.165, 1.54) is 23.9 Å². The van der Waals surface area contributed by atoms with Crippen molar-refractivity contribution in [2.45, 2.75) is 56.3 Å². The highest BCUT2D eigenvalue weighted by Gasteiger charge is 2.47. The molecule has 1 aliphatic rings. The van der Waals surface area contributed by atoms with Crippen LogP contribution < -0.4 is 25.2 Å². The molecule has 1 saturated heterocycles. The molecule has 55 heavy (non-hydrogen) atoms. The standard InChI is InChI=1S/C43H47N3O9/c1-42(2,3)28-12-22-34(23-13-28)53-27-37(47)44-36-24-25-46(41(49)45-36)40-39(52-6)38(48)35(55-40)26-54-43(29-10-8-7-9-11-29,30-14-18-32(50-4)19-15-30)31-16-20-33(51-5)21-17-31/h7-25,35,38-40,48H,26-27H2,1-6H3,(H,44,45,47,49)/t35-,38-,39-,40-/m1/s1. The maximum atomic E-state index is 13.4. The molecule has 2 N–H and O–H groups in total. The number of benzene rings is 4. The number of hydrogen-bond acceptors (Lipinski definition) is 10. The number of carbonyl (C=O) groups excluding carboxylic acids is 1. The summed E-state index contributed by atoms with van der Waals surface area (Å²) in [5, 5.41) is 14.1. The Balaban J connectivity index is 1.21. The summed E-state index contributed by atoms with van der Waals surface area (Å²) in [6.07, 6.45) is -2.66. The lowest BCUT2D eigenvalue weighted by Crippen LogP contribution is -2.40. The number of amides is 1. The number of nitrogens with zero attached hydrogens (tertiary/aromatic N) is 2. The molecule has 0 spiro atoms. The molecule has 0 radical (unpaired) electrons. The number of carbonyl (C=O) groups is 1. The molecule has 2 heterocycles. The highest BCUT2D eigenvalue weighted by atomic mass is 16.6. The molecule has 288 valence electrons. The van der Waals surface area contributed by atoms with Gasteiger partial charge in [0.1, 0.15) is 47.0 Å². The van der Waals surface area contributed by atoms with E-state index in [4.69, 9.17) is 28.4 Å². The first-order valence-electron chi connectivity index (χ1n) is 17.9. The number of aromatic nitrogens is 2. The fraction of sp³-hybridized carbons (Fsp3) is 0.326. The average molecular weight is 750 g/mol. The van der Waals surface area contributed by atoms with Crippen LogP contribution in [-0.2, 0) is 30.0 Å². The van der Waals surface area contributed by atoms with E-state index in [0.29, 0.717) is 17.2 Å². The molecule has 4 aromatic carbocycles. The normalized spacial score (nSPS) is 18.5. The third kappa shape index (κ3) is 8.58. The first-order chi connectivity index (χ1) is 26.5. The second-order valence-electron chi connectivity index (χ2n) is 14.2. The lowest BCUT2D eigenvalue weighted by atomic mass is 9.80. The Hall–Kier alpha value is -5.53. The van der Waals surface area contributed by atoms with E-state index < -0.39 is 41.7 Å². The molecule has 12 nitrogen and oxygen atoms in total. The van der Waals surface area contributed by atoms with Crippen LogP contribution in [0, 0.1) is 0 Å². The van der Waals surface area contributed by atoms with Crippen molar-refractivity contribution in [3.63, 3.8) is 0 Å². The molecule has 6 rings (SSSR count). The van der Waals surface area contributed by atoms with Crippen molar-refractivity contribution < 1.29 is 38.3 Å². The van der Waals surface area contributed by atoms with Crippen molar-refractivity contribution in [2.75, 3.05) is 39.9 Å². The number of aliphatic hydroxyl groups excluding tert-OH is 1. The maximum Gasteiger partial charge on any atom is 0.351 e. The fourth-order valence-corrected chi connectivity index (χ4v) is 6.67. The number of rotatable bonds is 14. The van der Waals surface area contributed by atoms with Crippen molar-refractivity contribution in [2.24, 2.45) is 0 Å². The monoisotopic (exact) mass is 749 g/mol. The van der Waals surface area contributed by atoms with Crippen LogP contribution in [0.4, 0.5) is 5.82 Å². The number of nitrogens with one attached hydrogen (secondary N) is 1. The molecule has 0 unspecified atom stereocenters. The van der Waals surface area contributed by atoms with Gasteiger partial charge in [0.05, 0.1) is 20.8 Å². The topological polar surface area (TPSA) is 140 Å². The lowest BCUT2D eigenvalue weighted by molar-refractivity contribution is -0.118. The van der Waals surface area contributed by atoms with Gasteiger partial charge < -0.3 is 38.8 Å². The Morgan fingerprint density at radius 3 is 1.85 bits per heavy atom. The lowest BCUT2D eigenvalue weighted by Gasteiger charge is -2.37. The molecular formula is C43H47N3O9. The molecule has 0 aliphatic carbocycles. The summed E-state index contributed by atoms with van der Waals surface area (Å²) in [4.78, 5) is 30.1. The van der Waals surface area contributed by atoms with Crippen LogP contribution in [0.25, 0.3) is 0 Å². The number of anilines is 1. The van der Waals surface area contributed by atoms with E-state index in [1.807, 2.05) is 103 Å². The first-order valence-corrected chi connectivity index (χ1v) is 17.9. The minimum Gasteiger partial charge on any atom is -0.497 e. The highest BCUT2D eigenvalue weighted by Crippen LogP contribution is 2.43. The van der Waals surface area contributed by atoms with Crippen molar-refractivity contribution in [1.82, 2.24) is 9.55 Å². The third-order valence-electron chi connectivity index (χ3n) is 9.68. The molecule has 1 fully saturated rings. The summed E-state index contributed by atoms with van der Waals surface area (Å²) < 4.78 is 36.7. The van der Waals surface area contributed by atoms with E-state index in [2.05, 4.69) is 31.1 Å². The van der Waals surface area contributed by atoms with E-state index >= 15 is 0 Å². The Morgan fingerprint density at radius 2 is 1.33 bits per heavy atom. The second-order valence-corrected chi connectivity index (χ2v) is 14.2. The van der Waals surface area contributed by atoms with Gasteiger partial charge in [0, 0.05) is 13.3 Å². The van der Waals surface area contributed by atoms with E-state index in [1.54, 1.807) is 14.2 Å². The van der Waals surface area contributed by atoms with Gasteiger partial charge >= 0.3 is 5.69 Å². The quantitative estimate of drug-likeness (QED) is 0.133. The van der Waals surface area contributed by atoms with Crippen LogP contribution >= 0.6 is 0 Å². The Kier molecular flexibility index (Phi) is 12.0. The van der Waals surface area contributed by atoms with Gasteiger partial charge in [0.25, 0.3) is 5.91 Å². The zero-order chi connectivity index (χ0) is 39.2. The van der Waals surface area contributed by atoms with Crippen LogP contribution in [0.2, 0.25) is 0 Å². The van der Waals surface area contributed by atoms with Crippen molar-refractivity contribution in [1.29, 1.82) is 0 Å². The van der Waals surface area contributed by atoms with E-state index in [-0.39, 0.29) is 24.4 Å². The van der Waals surface area contributed by atoms with Crippen molar-refractivity contribution in [3.8, 4) is 17.2 Å². The molecular weight excluding hydrogens is 702 g/mol. The summed E-state index contributed by atoms with van der Waals surface area (Å²) in [7, 11) is 4.64. The van der Waals surface area contributed by atoms with Crippen LogP contribution in [0.1, 0.15) is 49.3 Å². The number of methoxy groups -OCH3 is 3. The average Bonchev–Trinajstić information content (AvgIpc) is 3.52.